The van der Waals surface area contributed by atoms with E-state index in [1.54, 1.807) is 0 Å². The Bertz CT molecular complexity index is 513. The second-order valence-corrected chi connectivity index (χ2v) is 4.62. The SMILES string of the molecule is O=C(Nc1cc(F)ccc1OC(F)F)N1CCC[C@H]1CO. The molecule has 1 aliphatic rings. The van der Waals surface area contributed by atoms with Crippen LogP contribution in [0.15, 0.2) is 18.2 Å². The molecule has 0 saturated carbocycles. The summed E-state index contributed by atoms with van der Waals surface area (Å²) in [6, 6.07) is 1.97. The second-order valence-electron chi connectivity index (χ2n) is 4.62. The molecular formula is C13H15F3N2O3. The van der Waals surface area contributed by atoms with E-state index in [1.165, 1.54) is 4.90 Å². The van der Waals surface area contributed by atoms with Crippen molar-refractivity contribution in [3.63, 3.8) is 0 Å². The van der Waals surface area contributed by atoms with Gasteiger partial charge in [-0.15, -0.1) is 0 Å². The minimum atomic E-state index is -3.08. The van der Waals surface area contributed by atoms with Crippen molar-refractivity contribution in [2.45, 2.75) is 25.5 Å². The van der Waals surface area contributed by atoms with Crippen LogP contribution in [0.5, 0.6) is 5.75 Å². The highest BCUT2D eigenvalue weighted by atomic mass is 19.3. The fourth-order valence-corrected chi connectivity index (χ4v) is 2.28. The molecule has 1 fully saturated rings. The average Bonchev–Trinajstić information content (AvgIpc) is 2.90. The zero-order valence-corrected chi connectivity index (χ0v) is 11.1. The smallest absolute Gasteiger partial charge is 0.387 e. The number of rotatable bonds is 4. The summed E-state index contributed by atoms with van der Waals surface area (Å²) in [4.78, 5) is 13.5. The van der Waals surface area contributed by atoms with E-state index in [4.69, 9.17) is 5.11 Å². The van der Waals surface area contributed by atoms with Crippen LogP contribution in [-0.2, 0) is 0 Å². The predicted octanol–water partition coefficient (Wildman–Crippen LogP) is 2.42. The highest BCUT2D eigenvalue weighted by molar-refractivity contribution is 5.91. The maximum atomic E-state index is 13.2. The van der Waals surface area contributed by atoms with Crippen molar-refractivity contribution in [2.24, 2.45) is 0 Å². The average molecular weight is 304 g/mol. The molecule has 1 aliphatic heterocycles. The number of halogens is 3. The molecule has 2 N–H and O–H groups in total. The summed E-state index contributed by atoms with van der Waals surface area (Å²) < 4.78 is 42.0. The van der Waals surface area contributed by atoms with Gasteiger partial charge in [-0.05, 0) is 25.0 Å². The van der Waals surface area contributed by atoms with E-state index in [9.17, 15) is 18.0 Å². The van der Waals surface area contributed by atoms with E-state index in [0.29, 0.717) is 13.0 Å². The number of amides is 2. The molecular weight excluding hydrogens is 289 g/mol. The molecule has 1 heterocycles. The van der Waals surface area contributed by atoms with Crippen molar-refractivity contribution in [1.29, 1.82) is 0 Å². The molecule has 0 aliphatic carbocycles. The van der Waals surface area contributed by atoms with Gasteiger partial charge in [0.2, 0.25) is 0 Å². The van der Waals surface area contributed by atoms with Gasteiger partial charge in [0.25, 0.3) is 0 Å². The number of benzene rings is 1. The van der Waals surface area contributed by atoms with Gasteiger partial charge in [-0.1, -0.05) is 0 Å². The Balaban J connectivity index is 2.14. The van der Waals surface area contributed by atoms with E-state index in [0.717, 1.165) is 24.6 Å². The van der Waals surface area contributed by atoms with Gasteiger partial charge in [-0.3, -0.25) is 0 Å². The number of anilines is 1. The molecule has 21 heavy (non-hydrogen) atoms. The summed E-state index contributed by atoms with van der Waals surface area (Å²) in [6.45, 7) is -2.82. The first-order valence-corrected chi connectivity index (χ1v) is 6.44. The van der Waals surface area contributed by atoms with Gasteiger partial charge < -0.3 is 20.1 Å². The molecule has 2 rings (SSSR count). The molecule has 0 aromatic heterocycles. The number of nitrogens with one attached hydrogen (secondary N) is 1. The van der Waals surface area contributed by atoms with Crippen molar-refractivity contribution >= 4 is 11.7 Å². The van der Waals surface area contributed by atoms with E-state index in [-0.39, 0.29) is 24.1 Å². The first-order chi connectivity index (χ1) is 10.0. The number of nitrogens with zero attached hydrogens (tertiary/aromatic N) is 1. The zero-order chi connectivity index (χ0) is 15.4. The van der Waals surface area contributed by atoms with E-state index in [2.05, 4.69) is 10.1 Å². The number of urea groups is 1. The molecule has 2 amide bonds. The van der Waals surface area contributed by atoms with Crippen LogP contribution in [0.3, 0.4) is 0 Å². The number of ether oxygens (including phenoxy) is 1. The van der Waals surface area contributed by atoms with Crippen LogP contribution >= 0.6 is 0 Å². The Morgan fingerprint density at radius 2 is 2.29 bits per heavy atom. The Morgan fingerprint density at radius 3 is 2.95 bits per heavy atom. The van der Waals surface area contributed by atoms with Crippen LogP contribution in [0.25, 0.3) is 0 Å². The first-order valence-electron chi connectivity index (χ1n) is 6.44. The number of hydrogen-bond donors (Lipinski definition) is 2. The van der Waals surface area contributed by atoms with Gasteiger partial charge in [0, 0.05) is 12.6 Å². The molecule has 0 bridgehead atoms. The molecule has 0 spiro atoms. The maximum absolute atomic E-state index is 13.2. The van der Waals surface area contributed by atoms with Crippen LogP contribution in [-0.4, -0.2) is 41.8 Å². The van der Waals surface area contributed by atoms with E-state index in [1.807, 2.05) is 0 Å². The van der Waals surface area contributed by atoms with E-state index >= 15 is 0 Å². The molecule has 8 heteroatoms. The Morgan fingerprint density at radius 1 is 1.52 bits per heavy atom. The van der Waals surface area contributed by atoms with Crippen LogP contribution in [0.4, 0.5) is 23.7 Å². The van der Waals surface area contributed by atoms with Crippen molar-refractivity contribution < 1.29 is 27.8 Å². The van der Waals surface area contributed by atoms with Gasteiger partial charge in [-0.25, -0.2) is 9.18 Å². The maximum Gasteiger partial charge on any atom is 0.387 e. The Labute approximate surface area is 119 Å². The predicted molar refractivity (Wildman–Crippen MR) is 68.9 cm³/mol. The lowest BCUT2D eigenvalue weighted by molar-refractivity contribution is -0.0494. The Kier molecular flexibility index (Phi) is 4.89. The lowest BCUT2D eigenvalue weighted by Gasteiger charge is -2.24. The summed E-state index contributed by atoms with van der Waals surface area (Å²) in [5, 5.41) is 11.5. The lowest BCUT2D eigenvalue weighted by Crippen LogP contribution is -2.40. The number of aliphatic hydroxyl groups is 1. The molecule has 1 aromatic carbocycles. The first kappa shape index (κ1) is 15.4. The number of carbonyl (C=O) groups is 1. The van der Waals surface area contributed by atoms with Gasteiger partial charge in [0.1, 0.15) is 11.6 Å². The minimum absolute atomic E-state index is 0.177. The third-order valence-corrected chi connectivity index (χ3v) is 3.25. The second kappa shape index (κ2) is 6.66. The quantitative estimate of drug-likeness (QED) is 0.898. The molecule has 0 radical (unpaired) electrons. The summed E-state index contributed by atoms with van der Waals surface area (Å²) in [5.41, 5.74) is -0.177. The fraction of sp³-hybridized carbons (Fsp3) is 0.462. The summed E-state index contributed by atoms with van der Waals surface area (Å²) in [6.07, 6.45) is 1.40. The highest BCUT2D eigenvalue weighted by Crippen LogP contribution is 2.28. The summed E-state index contributed by atoms with van der Waals surface area (Å²) >= 11 is 0. The van der Waals surface area contributed by atoms with Crippen LogP contribution in [0, 0.1) is 5.82 Å². The van der Waals surface area contributed by atoms with Crippen molar-refractivity contribution in [3.05, 3.63) is 24.0 Å². The number of likely N-dealkylation sites (tertiary alicyclic amines) is 1. The highest BCUT2D eigenvalue weighted by Gasteiger charge is 2.28. The van der Waals surface area contributed by atoms with Gasteiger partial charge >= 0.3 is 12.6 Å². The van der Waals surface area contributed by atoms with Gasteiger partial charge in [0.05, 0.1) is 18.3 Å². The molecule has 1 atom stereocenters. The third kappa shape index (κ3) is 3.78. The number of aliphatic hydroxyl groups excluding tert-OH is 1. The molecule has 5 nitrogen and oxygen atoms in total. The van der Waals surface area contributed by atoms with Crippen molar-refractivity contribution in [2.75, 3.05) is 18.5 Å². The fourth-order valence-electron chi connectivity index (χ4n) is 2.28. The molecule has 1 aromatic rings. The number of alkyl halides is 2. The number of hydrogen-bond acceptors (Lipinski definition) is 3. The van der Waals surface area contributed by atoms with Crippen molar-refractivity contribution in [1.82, 2.24) is 4.90 Å². The monoisotopic (exact) mass is 304 g/mol. The van der Waals surface area contributed by atoms with E-state index < -0.39 is 18.5 Å². The summed E-state index contributed by atoms with van der Waals surface area (Å²) in [7, 11) is 0. The topological polar surface area (TPSA) is 61.8 Å². The minimum Gasteiger partial charge on any atom is -0.433 e. The Hall–Kier alpha value is -1.96. The van der Waals surface area contributed by atoms with Gasteiger partial charge in [-0.2, -0.15) is 8.78 Å². The van der Waals surface area contributed by atoms with Crippen molar-refractivity contribution in [3.8, 4) is 5.75 Å². The zero-order valence-electron chi connectivity index (χ0n) is 11.1. The van der Waals surface area contributed by atoms with Crippen LogP contribution < -0.4 is 10.1 Å². The normalized spacial score (nSPS) is 18.1. The molecule has 0 unspecified atom stereocenters. The lowest BCUT2D eigenvalue weighted by atomic mass is 10.2. The molecule has 1 saturated heterocycles. The number of carbonyl (C=O) groups excluding carboxylic acids is 1. The van der Waals surface area contributed by atoms with Crippen LogP contribution in [0.2, 0.25) is 0 Å². The van der Waals surface area contributed by atoms with Crippen LogP contribution in [0.1, 0.15) is 12.8 Å². The largest absolute Gasteiger partial charge is 0.433 e. The molecule has 116 valence electrons. The third-order valence-electron chi connectivity index (χ3n) is 3.25. The standard InChI is InChI=1S/C13H15F3N2O3/c14-8-3-4-11(21-12(15)16)10(6-8)17-13(20)18-5-1-2-9(18)7-19/h3-4,6,9,12,19H,1-2,5,7H2,(H,17,20)/t9-/m0/s1. The summed E-state index contributed by atoms with van der Waals surface area (Å²) in [5.74, 6) is -1.01. The van der Waals surface area contributed by atoms with Gasteiger partial charge in [0.15, 0.2) is 0 Å².